The normalized spacial score (nSPS) is 28.7. The van der Waals surface area contributed by atoms with Gasteiger partial charge in [-0.15, -0.1) is 0 Å². The lowest BCUT2D eigenvalue weighted by Gasteiger charge is -2.30. The Bertz CT molecular complexity index is 211. The van der Waals surface area contributed by atoms with Crippen molar-refractivity contribution in [3.05, 3.63) is 0 Å². The van der Waals surface area contributed by atoms with Crippen molar-refractivity contribution in [2.45, 2.75) is 25.3 Å². The summed E-state index contributed by atoms with van der Waals surface area (Å²) in [7, 11) is 0. The molecule has 0 aromatic heterocycles. The number of ether oxygens (including phenoxy) is 1. The van der Waals surface area contributed by atoms with Crippen LogP contribution in [0.2, 0.25) is 0 Å². The Balaban J connectivity index is 1.74. The van der Waals surface area contributed by atoms with E-state index in [1.807, 2.05) is 5.01 Å². The van der Waals surface area contributed by atoms with Gasteiger partial charge >= 0.3 is 0 Å². The van der Waals surface area contributed by atoms with E-state index < -0.39 is 0 Å². The molecule has 0 aromatic rings. The van der Waals surface area contributed by atoms with E-state index in [0.717, 1.165) is 32.5 Å². The van der Waals surface area contributed by atoms with Gasteiger partial charge in [-0.1, -0.05) is 6.42 Å². The van der Waals surface area contributed by atoms with Gasteiger partial charge in [-0.05, 0) is 19.4 Å². The Morgan fingerprint density at radius 1 is 1.33 bits per heavy atom. The third-order valence-electron chi connectivity index (χ3n) is 2.91. The minimum absolute atomic E-state index is 0.00148. The Kier molecular flexibility index (Phi) is 3.94. The van der Waals surface area contributed by atoms with Crippen molar-refractivity contribution >= 4 is 5.91 Å². The molecule has 86 valence electrons. The summed E-state index contributed by atoms with van der Waals surface area (Å²) in [6.07, 6.45) is 3.28. The van der Waals surface area contributed by atoms with Crippen molar-refractivity contribution < 1.29 is 9.53 Å². The summed E-state index contributed by atoms with van der Waals surface area (Å²) in [6.45, 7) is 3.95. The second kappa shape index (κ2) is 5.44. The largest absolute Gasteiger partial charge is 0.379 e. The van der Waals surface area contributed by atoms with E-state index in [2.05, 4.69) is 10.7 Å². The first-order valence-electron chi connectivity index (χ1n) is 5.73. The summed E-state index contributed by atoms with van der Waals surface area (Å²) in [5.41, 5.74) is 2.94. The molecule has 0 unspecified atom stereocenters. The molecule has 1 amide bonds. The number of amides is 1. The number of piperidine rings is 1. The van der Waals surface area contributed by atoms with E-state index >= 15 is 0 Å². The van der Waals surface area contributed by atoms with Gasteiger partial charge in [0.15, 0.2) is 0 Å². The molecule has 2 fully saturated rings. The highest BCUT2D eigenvalue weighted by Crippen LogP contribution is 2.07. The lowest BCUT2D eigenvalue weighted by Crippen LogP contribution is -2.55. The fourth-order valence-corrected chi connectivity index (χ4v) is 1.98. The van der Waals surface area contributed by atoms with Gasteiger partial charge in [0.2, 0.25) is 0 Å². The maximum Gasteiger partial charge on any atom is 0.251 e. The van der Waals surface area contributed by atoms with Crippen LogP contribution in [0, 0.1) is 0 Å². The number of hydrazine groups is 1. The van der Waals surface area contributed by atoms with Crippen molar-refractivity contribution in [2.75, 3.05) is 32.8 Å². The number of nitrogens with one attached hydrogen (secondary N) is 2. The monoisotopic (exact) mass is 213 g/mol. The Morgan fingerprint density at radius 3 is 2.80 bits per heavy atom. The van der Waals surface area contributed by atoms with Crippen LogP contribution in [0.4, 0.5) is 0 Å². The lowest BCUT2D eigenvalue weighted by molar-refractivity contribution is -0.130. The third-order valence-corrected chi connectivity index (χ3v) is 2.91. The lowest BCUT2D eigenvalue weighted by atomic mass is 10.0. The number of hydrogen-bond donors (Lipinski definition) is 2. The minimum Gasteiger partial charge on any atom is -0.379 e. The van der Waals surface area contributed by atoms with Gasteiger partial charge in [-0.25, -0.2) is 5.01 Å². The first-order valence-corrected chi connectivity index (χ1v) is 5.73. The maximum absolute atomic E-state index is 11.8. The smallest absolute Gasteiger partial charge is 0.251 e. The first-order chi connectivity index (χ1) is 7.36. The standard InChI is InChI=1S/C10H19N3O2/c14-10(9-3-1-2-4-11-9)12-13-5-7-15-8-6-13/h9,11H,1-8H2,(H,12,14)/t9-/m0/s1. The van der Waals surface area contributed by atoms with Crippen LogP contribution in [0.15, 0.2) is 0 Å². The van der Waals surface area contributed by atoms with Crippen LogP contribution in [0.1, 0.15) is 19.3 Å². The van der Waals surface area contributed by atoms with Gasteiger partial charge in [0.25, 0.3) is 5.91 Å². The van der Waals surface area contributed by atoms with Gasteiger partial charge in [-0.3, -0.25) is 10.2 Å². The zero-order valence-corrected chi connectivity index (χ0v) is 9.00. The molecule has 0 spiro atoms. The highest BCUT2D eigenvalue weighted by Gasteiger charge is 2.22. The first kappa shape index (κ1) is 10.9. The SMILES string of the molecule is O=C(NN1CCOCC1)[C@@H]1CCCCN1. The molecule has 0 aliphatic carbocycles. The molecule has 0 bridgehead atoms. The van der Waals surface area contributed by atoms with Crippen LogP contribution in [0.5, 0.6) is 0 Å². The molecule has 2 heterocycles. The van der Waals surface area contributed by atoms with E-state index in [4.69, 9.17) is 4.74 Å². The zero-order chi connectivity index (χ0) is 10.5. The number of hydrogen-bond acceptors (Lipinski definition) is 4. The van der Waals surface area contributed by atoms with Gasteiger partial charge in [0.05, 0.1) is 19.3 Å². The number of carbonyl (C=O) groups excluding carboxylic acids is 1. The van der Waals surface area contributed by atoms with Crippen LogP contribution in [0.25, 0.3) is 0 Å². The fourth-order valence-electron chi connectivity index (χ4n) is 1.98. The summed E-state index contributed by atoms with van der Waals surface area (Å²) in [5.74, 6) is 0.108. The Morgan fingerprint density at radius 2 is 2.13 bits per heavy atom. The Hall–Kier alpha value is -0.650. The number of morpholine rings is 1. The molecule has 15 heavy (non-hydrogen) atoms. The second-order valence-corrected chi connectivity index (χ2v) is 4.08. The molecule has 0 aromatic carbocycles. The van der Waals surface area contributed by atoms with Crippen molar-refractivity contribution in [3.63, 3.8) is 0 Å². The molecule has 2 N–H and O–H groups in total. The van der Waals surface area contributed by atoms with E-state index in [9.17, 15) is 4.79 Å². The summed E-state index contributed by atoms with van der Waals surface area (Å²) >= 11 is 0. The van der Waals surface area contributed by atoms with E-state index in [0.29, 0.717) is 13.2 Å². The molecule has 5 heteroatoms. The fraction of sp³-hybridized carbons (Fsp3) is 0.900. The number of rotatable bonds is 2. The number of nitrogens with zero attached hydrogens (tertiary/aromatic N) is 1. The highest BCUT2D eigenvalue weighted by atomic mass is 16.5. The van der Waals surface area contributed by atoms with E-state index in [-0.39, 0.29) is 11.9 Å². The molecule has 2 aliphatic rings. The molecular formula is C10H19N3O2. The Labute approximate surface area is 90.1 Å². The van der Waals surface area contributed by atoms with Gasteiger partial charge in [-0.2, -0.15) is 0 Å². The topological polar surface area (TPSA) is 53.6 Å². The zero-order valence-electron chi connectivity index (χ0n) is 9.00. The van der Waals surface area contributed by atoms with E-state index in [1.165, 1.54) is 6.42 Å². The molecule has 5 nitrogen and oxygen atoms in total. The predicted molar refractivity (Wildman–Crippen MR) is 56.2 cm³/mol. The minimum atomic E-state index is 0.00148. The van der Waals surface area contributed by atoms with E-state index in [1.54, 1.807) is 0 Å². The van der Waals surface area contributed by atoms with Crippen molar-refractivity contribution in [2.24, 2.45) is 0 Å². The average Bonchev–Trinajstić information content (AvgIpc) is 2.31. The van der Waals surface area contributed by atoms with Gasteiger partial charge in [0.1, 0.15) is 0 Å². The van der Waals surface area contributed by atoms with Gasteiger partial charge < -0.3 is 10.1 Å². The van der Waals surface area contributed by atoms with Crippen LogP contribution < -0.4 is 10.7 Å². The quantitative estimate of drug-likeness (QED) is 0.649. The molecular weight excluding hydrogens is 194 g/mol. The van der Waals surface area contributed by atoms with Crippen LogP contribution in [-0.4, -0.2) is 49.8 Å². The molecule has 2 rings (SSSR count). The highest BCUT2D eigenvalue weighted by molar-refractivity contribution is 5.81. The molecule has 2 saturated heterocycles. The molecule has 0 radical (unpaired) electrons. The van der Waals surface area contributed by atoms with Crippen molar-refractivity contribution in [1.82, 2.24) is 15.8 Å². The molecule has 1 atom stereocenters. The predicted octanol–water partition coefficient (Wildman–Crippen LogP) is -0.508. The summed E-state index contributed by atoms with van der Waals surface area (Å²) in [4.78, 5) is 11.8. The van der Waals surface area contributed by atoms with Crippen LogP contribution >= 0.6 is 0 Å². The third kappa shape index (κ3) is 3.15. The van der Waals surface area contributed by atoms with Gasteiger partial charge in [0, 0.05) is 13.1 Å². The summed E-state index contributed by atoms with van der Waals surface area (Å²) in [6, 6.07) is 0.00148. The number of carbonyl (C=O) groups is 1. The summed E-state index contributed by atoms with van der Waals surface area (Å²) < 4.78 is 5.22. The average molecular weight is 213 g/mol. The summed E-state index contributed by atoms with van der Waals surface area (Å²) in [5, 5.41) is 5.19. The van der Waals surface area contributed by atoms with Crippen molar-refractivity contribution in [3.8, 4) is 0 Å². The molecule has 2 aliphatic heterocycles. The van der Waals surface area contributed by atoms with Crippen molar-refractivity contribution in [1.29, 1.82) is 0 Å². The second-order valence-electron chi connectivity index (χ2n) is 4.08. The van der Waals surface area contributed by atoms with Crippen LogP contribution in [0.3, 0.4) is 0 Å². The molecule has 0 saturated carbocycles. The van der Waals surface area contributed by atoms with Crippen LogP contribution in [-0.2, 0) is 9.53 Å². The maximum atomic E-state index is 11.8.